The molecule has 1 aliphatic rings. The summed E-state index contributed by atoms with van der Waals surface area (Å²) < 4.78 is 26.4. The molecular formula is C23H30N2O3S. The van der Waals surface area contributed by atoms with E-state index in [4.69, 9.17) is 0 Å². The molecule has 1 N–H and O–H groups in total. The van der Waals surface area contributed by atoms with Gasteiger partial charge in [0.05, 0.1) is 18.0 Å². The lowest BCUT2D eigenvalue weighted by molar-refractivity contribution is -0.122. The molecule has 0 saturated carbocycles. The normalized spacial score (nSPS) is 15.5. The second-order valence-electron chi connectivity index (χ2n) is 8.14. The summed E-state index contributed by atoms with van der Waals surface area (Å²) >= 11 is 0. The zero-order valence-corrected chi connectivity index (χ0v) is 18.6. The smallest absolute Gasteiger partial charge is 0.244 e. The van der Waals surface area contributed by atoms with Crippen LogP contribution in [0, 0.1) is 13.8 Å². The molecule has 2 atom stereocenters. The number of aryl methyl sites for hydroxylation is 4. The number of hydrogen-bond donors (Lipinski definition) is 1. The Balaban J connectivity index is 1.83. The lowest BCUT2D eigenvalue weighted by Gasteiger charge is -2.30. The highest BCUT2D eigenvalue weighted by atomic mass is 32.2. The number of hydrogen-bond acceptors (Lipinski definition) is 3. The third kappa shape index (κ3) is 4.64. The van der Waals surface area contributed by atoms with Crippen molar-refractivity contribution in [2.24, 2.45) is 0 Å². The van der Waals surface area contributed by atoms with E-state index in [2.05, 4.69) is 23.5 Å². The molecule has 1 amide bonds. The molecule has 0 aliphatic heterocycles. The Morgan fingerprint density at radius 2 is 1.72 bits per heavy atom. The standard InChI is InChI=1S/C23H30N2O3S/c1-15-9-10-16(2)22(13-15)25(29(5,27)28)18(4)23(26)24-17(3)20-12-11-19-7-6-8-21(19)14-20/h9-14,17-18H,6-8H2,1-5H3,(H,24,26). The predicted octanol–water partition coefficient (Wildman–Crippen LogP) is 3.82. The molecule has 2 unspecified atom stereocenters. The van der Waals surface area contributed by atoms with Gasteiger partial charge < -0.3 is 5.32 Å². The summed E-state index contributed by atoms with van der Waals surface area (Å²) in [5, 5.41) is 3.00. The fraction of sp³-hybridized carbons (Fsp3) is 0.435. The summed E-state index contributed by atoms with van der Waals surface area (Å²) in [6.45, 7) is 7.33. The van der Waals surface area contributed by atoms with Crippen LogP contribution in [0.5, 0.6) is 0 Å². The van der Waals surface area contributed by atoms with Gasteiger partial charge >= 0.3 is 0 Å². The average Bonchev–Trinajstić information content (AvgIpc) is 3.11. The van der Waals surface area contributed by atoms with Crippen molar-refractivity contribution in [3.05, 3.63) is 64.2 Å². The van der Waals surface area contributed by atoms with Crippen LogP contribution in [0.15, 0.2) is 36.4 Å². The predicted molar refractivity (Wildman–Crippen MR) is 118 cm³/mol. The first kappa shape index (κ1) is 21.4. The quantitative estimate of drug-likeness (QED) is 0.781. The van der Waals surface area contributed by atoms with Crippen molar-refractivity contribution in [2.75, 3.05) is 10.6 Å². The Morgan fingerprint density at radius 1 is 1.03 bits per heavy atom. The Kier molecular flexibility index (Phi) is 6.03. The number of nitrogens with zero attached hydrogens (tertiary/aromatic N) is 1. The topological polar surface area (TPSA) is 66.5 Å². The van der Waals surface area contributed by atoms with Gasteiger partial charge in [-0.1, -0.05) is 30.3 Å². The van der Waals surface area contributed by atoms with Crippen LogP contribution in [0.2, 0.25) is 0 Å². The number of amides is 1. The molecule has 1 aliphatic carbocycles. The van der Waals surface area contributed by atoms with E-state index in [9.17, 15) is 13.2 Å². The first-order valence-corrected chi connectivity index (χ1v) is 11.9. The van der Waals surface area contributed by atoms with Crippen LogP contribution in [0.3, 0.4) is 0 Å². The Morgan fingerprint density at radius 3 is 2.41 bits per heavy atom. The lowest BCUT2D eigenvalue weighted by atomic mass is 10.0. The van der Waals surface area contributed by atoms with E-state index in [1.54, 1.807) is 6.92 Å². The lowest BCUT2D eigenvalue weighted by Crippen LogP contribution is -2.48. The summed E-state index contributed by atoms with van der Waals surface area (Å²) in [6.07, 6.45) is 4.51. The minimum atomic E-state index is -3.64. The van der Waals surface area contributed by atoms with Gasteiger partial charge in [0.2, 0.25) is 15.9 Å². The third-order valence-electron chi connectivity index (χ3n) is 5.67. The van der Waals surface area contributed by atoms with Crippen LogP contribution in [0.25, 0.3) is 0 Å². The fourth-order valence-corrected chi connectivity index (χ4v) is 5.24. The molecule has 6 heteroatoms. The van der Waals surface area contributed by atoms with Crippen LogP contribution >= 0.6 is 0 Å². The van der Waals surface area contributed by atoms with Crippen LogP contribution in [-0.2, 0) is 27.7 Å². The number of anilines is 1. The van der Waals surface area contributed by atoms with Crippen LogP contribution in [0.4, 0.5) is 5.69 Å². The van der Waals surface area contributed by atoms with Gasteiger partial charge in [-0.25, -0.2) is 8.42 Å². The number of nitrogens with one attached hydrogen (secondary N) is 1. The summed E-state index contributed by atoms with van der Waals surface area (Å²) in [5.74, 6) is -0.315. The maximum Gasteiger partial charge on any atom is 0.244 e. The molecule has 0 heterocycles. The van der Waals surface area contributed by atoms with E-state index in [0.717, 1.165) is 35.8 Å². The largest absolute Gasteiger partial charge is 0.348 e. The summed E-state index contributed by atoms with van der Waals surface area (Å²) in [4.78, 5) is 13.0. The molecule has 0 bridgehead atoms. The molecule has 29 heavy (non-hydrogen) atoms. The molecule has 0 radical (unpaired) electrons. The first-order chi connectivity index (χ1) is 13.6. The minimum absolute atomic E-state index is 0.198. The van der Waals surface area contributed by atoms with Gasteiger partial charge in [0.1, 0.15) is 6.04 Å². The van der Waals surface area contributed by atoms with Gasteiger partial charge in [-0.15, -0.1) is 0 Å². The number of benzene rings is 2. The van der Waals surface area contributed by atoms with Crippen molar-refractivity contribution in [3.8, 4) is 0 Å². The monoisotopic (exact) mass is 414 g/mol. The number of carbonyl (C=O) groups excluding carboxylic acids is 1. The molecule has 0 saturated heterocycles. The molecule has 2 aromatic rings. The van der Waals surface area contributed by atoms with Crippen molar-refractivity contribution in [1.82, 2.24) is 5.32 Å². The Labute approximate surface area is 174 Å². The van der Waals surface area contributed by atoms with E-state index >= 15 is 0 Å². The average molecular weight is 415 g/mol. The zero-order valence-electron chi connectivity index (χ0n) is 17.8. The SMILES string of the molecule is Cc1ccc(C)c(N(C(C)C(=O)NC(C)c2ccc3c(c2)CCC3)S(C)(=O)=O)c1. The maximum absolute atomic E-state index is 13.0. The molecule has 5 nitrogen and oxygen atoms in total. The van der Waals surface area contributed by atoms with Gasteiger partial charge in [0.15, 0.2) is 0 Å². The summed E-state index contributed by atoms with van der Waals surface area (Å²) in [5.41, 5.74) is 6.08. The number of carbonyl (C=O) groups is 1. The van der Waals surface area contributed by atoms with E-state index in [1.807, 2.05) is 39.0 Å². The van der Waals surface area contributed by atoms with Gasteiger partial charge in [0, 0.05) is 0 Å². The van der Waals surface area contributed by atoms with Crippen LogP contribution in [-0.4, -0.2) is 26.6 Å². The van der Waals surface area contributed by atoms with Gasteiger partial charge in [-0.3, -0.25) is 9.10 Å². The molecular weight excluding hydrogens is 384 g/mol. The Hall–Kier alpha value is -2.34. The summed E-state index contributed by atoms with van der Waals surface area (Å²) in [7, 11) is -3.64. The van der Waals surface area contributed by atoms with Crippen molar-refractivity contribution < 1.29 is 13.2 Å². The minimum Gasteiger partial charge on any atom is -0.348 e. The molecule has 156 valence electrons. The van der Waals surface area contributed by atoms with E-state index < -0.39 is 16.1 Å². The van der Waals surface area contributed by atoms with Crippen molar-refractivity contribution in [2.45, 2.75) is 59.0 Å². The van der Waals surface area contributed by atoms with Gasteiger partial charge in [-0.05, 0) is 80.8 Å². The highest BCUT2D eigenvalue weighted by Gasteiger charge is 2.31. The third-order valence-corrected chi connectivity index (χ3v) is 6.90. The zero-order chi connectivity index (χ0) is 21.3. The van der Waals surface area contributed by atoms with E-state index in [0.29, 0.717) is 5.69 Å². The number of fused-ring (bicyclic) bond motifs is 1. The van der Waals surface area contributed by atoms with E-state index in [-0.39, 0.29) is 11.9 Å². The number of sulfonamides is 1. The van der Waals surface area contributed by atoms with Crippen LogP contribution < -0.4 is 9.62 Å². The second-order valence-corrected chi connectivity index (χ2v) is 10.00. The Bertz CT molecular complexity index is 1030. The highest BCUT2D eigenvalue weighted by molar-refractivity contribution is 7.92. The summed E-state index contributed by atoms with van der Waals surface area (Å²) in [6, 6.07) is 10.9. The molecule has 0 spiro atoms. The maximum atomic E-state index is 13.0. The molecule has 2 aromatic carbocycles. The van der Waals surface area contributed by atoms with Crippen molar-refractivity contribution in [1.29, 1.82) is 0 Å². The van der Waals surface area contributed by atoms with Crippen molar-refractivity contribution >= 4 is 21.6 Å². The van der Waals surface area contributed by atoms with E-state index in [1.165, 1.54) is 21.9 Å². The number of rotatable bonds is 6. The van der Waals surface area contributed by atoms with Crippen LogP contribution in [0.1, 0.15) is 54.1 Å². The van der Waals surface area contributed by atoms with Crippen molar-refractivity contribution in [3.63, 3.8) is 0 Å². The first-order valence-electron chi connectivity index (χ1n) is 10.1. The highest BCUT2D eigenvalue weighted by Crippen LogP contribution is 2.28. The molecule has 3 rings (SSSR count). The fourth-order valence-electron chi connectivity index (χ4n) is 4.02. The van der Waals surface area contributed by atoms with Gasteiger partial charge in [-0.2, -0.15) is 0 Å². The second kappa shape index (κ2) is 8.19. The van der Waals surface area contributed by atoms with Gasteiger partial charge in [0.25, 0.3) is 0 Å². The molecule has 0 fully saturated rings. The molecule has 0 aromatic heterocycles.